The molecular weight excluding hydrogens is 251 g/mol. The lowest BCUT2D eigenvalue weighted by molar-refractivity contribution is 0.425. The molecule has 0 aromatic heterocycles. The Morgan fingerprint density at radius 2 is 2.00 bits per heavy atom. The van der Waals surface area contributed by atoms with E-state index in [0.29, 0.717) is 5.46 Å². The van der Waals surface area contributed by atoms with Gasteiger partial charge < -0.3 is 10.0 Å². The number of thioether (sulfide) groups is 1. The van der Waals surface area contributed by atoms with Crippen molar-refractivity contribution in [2.45, 2.75) is 11.8 Å². The molecule has 0 atom stereocenters. The maximum absolute atomic E-state index is 9.11. The maximum atomic E-state index is 9.11. The van der Waals surface area contributed by atoms with Gasteiger partial charge in [-0.15, -0.1) is 11.8 Å². The zero-order valence-corrected chi connectivity index (χ0v) is 9.82. The molecule has 0 aliphatic rings. The van der Waals surface area contributed by atoms with Crippen molar-refractivity contribution in [1.29, 1.82) is 0 Å². The highest BCUT2D eigenvalue weighted by atomic mass is 79.9. The second-order valence-electron chi connectivity index (χ2n) is 2.74. The Labute approximate surface area is 90.6 Å². The second kappa shape index (κ2) is 4.51. The van der Waals surface area contributed by atoms with Gasteiger partial charge in [0.05, 0.1) is 0 Å². The molecule has 0 aliphatic carbocycles. The van der Waals surface area contributed by atoms with Gasteiger partial charge in [0.2, 0.25) is 0 Å². The van der Waals surface area contributed by atoms with Crippen molar-refractivity contribution in [3.05, 3.63) is 22.2 Å². The van der Waals surface area contributed by atoms with E-state index < -0.39 is 7.12 Å². The summed E-state index contributed by atoms with van der Waals surface area (Å²) in [5, 5.41) is 18.2. The summed E-state index contributed by atoms with van der Waals surface area (Å²) in [6, 6.07) is 3.74. The second-order valence-corrected chi connectivity index (χ2v) is 4.41. The molecule has 0 aliphatic heterocycles. The molecule has 0 radical (unpaired) electrons. The van der Waals surface area contributed by atoms with Crippen LogP contribution < -0.4 is 5.46 Å². The van der Waals surface area contributed by atoms with Gasteiger partial charge in [0, 0.05) is 9.37 Å². The lowest BCUT2D eigenvalue weighted by atomic mass is 9.79. The molecule has 0 unspecified atom stereocenters. The predicted octanol–water partition coefficient (Wildman–Crippen LogP) is 1.16. The molecule has 13 heavy (non-hydrogen) atoms. The van der Waals surface area contributed by atoms with E-state index >= 15 is 0 Å². The van der Waals surface area contributed by atoms with Gasteiger partial charge >= 0.3 is 7.12 Å². The molecule has 2 nitrogen and oxygen atoms in total. The zero-order chi connectivity index (χ0) is 10.0. The highest BCUT2D eigenvalue weighted by molar-refractivity contribution is 9.10. The molecule has 0 amide bonds. The number of aryl methyl sites for hydroxylation is 1. The summed E-state index contributed by atoms with van der Waals surface area (Å²) in [5.74, 6) is 0. The fourth-order valence-electron chi connectivity index (χ4n) is 1.16. The van der Waals surface area contributed by atoms with Crippen LogP contribution in [0.2, 0.25) is 0 Å². The standard InChI is InChI=1S/C8H10BBrO2S/c1-5-3-6(9(11)12)8(13-2)7(10)4-5/h3-4,11-12H,1-2H3. The van der Waals surface area contributed by atoms with E-state index in [0.717, 1.165) is 14.9 Å². The van der Waals surface area contributed by atoms with E-state index in [4.69, 9.17) is 10.0 Å². The minimum atomic E-state index is -1.40. The Bertz CT molecular complexity index is 317. The van der Waals surface area contributed by atoms with Gasteiger partial charge in [0.15, 0.2) is 0 Å². The first kappa shape index (κ1) is 11.1. The molecule has 2 N–H and O–H groups in total. The lowest BCUT2D eigenvalue weighted by Crippen LogP contribution is -2.32. The van der Waals surface area contributed by atoms with Gasteiger partial charge in [0.25, 0.3) is 0 Å². The summed E-state index contributed by atoms with van der Waals surface area (Å²) in [6.45, 7) is 1.92. The quantitative estimate of drug-likeness (QED) is 0.620. The van der Waals surface area contributed by atoms with Crippen molar-refractivity contribution in [3.8, 4) is 0 Å². The molecule has 0 saturated heterocycles. The van der Waals surface area contributed by atoms with E-state index in [2.05, 4.69) is 15.9 Å². The Balaban J connectivity index is 3.29. The Hall–Kier alpha value is 0.0349. The SMILES string of the molecule is CSc1c(Br)cc(C)cc1B(O)O. The fourth-order valence-corrected chi connectivity index (χ4v) is 2.89. The van der Waals surface area contributed by atoms with E-state index in [1.165, 1.54) is 11.8 Å². The summed E-state index contributed by atoms with van der Waals surface area (Å²) in [5.41, 5.74) is 1.56. The third kappa shape index (κ3) is 2.50. The molecule has 1 aromatic rings. The van der Waals surface area contributed by atoms with Crippen LogP contribution in [0, 0.1) is 6.92 Å². The number of benzene rings is 1. The highest BCUT2D eigenvalue weighted by Gasteiger charge is 2.17. The molecule has 0 saturated carbocycles. The van der Waals surface area contributed by atoms with Gasteiger partial charge in [-0.1, -0.05) is 11.6 Å². The molecule has 70 valence electrons. The van der Waals surface area contributed by atoms with Crippen LogP contribution in [0.3, 0.4) is 0 Å². The van der Waals surface area contributed by atoms with E-state index in [1.807, 2.05) is 19.2 Å². The number of hydrogen-bond acceptors (Lipinski definition) is 3. The maximum Gasteiger partial charge on any atom is 0.489 e. The van der Waals surface area contributed by atoms with Crippen molar-refractivity contribution >= 4 is 40.3 Å². The molecule has 0 bridgehead atoms. The van der Waals surface area contributed by atoms with Crippen molar-refractivity contribution in [1.82, 2.24) is 0 Å². The molecule has 0 heterocycles. The summed E-state index contributed by atoms with van der Waals surface area (Å²) in [4.78, 5) is 0.876. The van der Waals surface area contributed by atoms with E-state index in [-0.39, 0.29) is 0 Å². The third-order valence-corrected chi connectivity index (χ3v) is 3.45. The van der Waals surface area contributed by atoms with Crippen LogP contribution in [0.1, 0.15) is 5.56 Å². The zero-order valence-electron chi connectivity index (χ0n) is 7.41. The topological polar surface area (TPSA) is 40.5 Å². The van der Waals surface area contributed by atoms with E-state index in [9.17, 15) is 0 Å². The summed E-state index contributed by atoms with van der Waals surface area (Å²) >= 11 is 4.88. The van der Waals surface area contributed by atoms with Crippen molar-refractivity contribution in [2.24, 2.45) is 0 Å². The lowest BCUT2D eigenvalue weighted by Gasteiger charge is -2.09. The number of halogens is 1. The minimum absolute atomic E-state index is 0.555. The average molecular weight is 261 g/mol. The van der Waals surface area contributed by atoms with Gasteiger partial charge in [-0.2, -0.15) is 0 Å². The Morgan fingerprint density at radius 1 is 1.38 bits per heavy atom. The van der Waals surface area contributed by atoms with Crippen molar-refractivity contribution in [2.75, 3.05) is 6.26 Å². The summed E-state index contributed by atoms with van der Waals surface area (Å²) in [6.07, 6.45) is 1.90. The third-order valence-electron chi connectivity index (χ3n) is 1.70. The van der Waals surface area contributed by atoms with Gasteiger partial charge in [-0.25, -0.2) is 0 Å². The Morgan fingerprint density at radius 3 is 2.46 bits per heavy atom. The smallest absolute Gasteiger partial charge is 0.423 e. The molecule has 0 spiro atoms. The molecule has 5 heteroatoms. The van der Waals surface area contributed by atoms with Gasteiger partial charge in [-0.3, -0.25) is 0 Å². The first-order valence-electron chi connectivity index (χ1n) is 3.76. The van der Waals surface area contributed by atoms with Crippen LogP contribution in [0.15, 0.2) is 21.5 Å². The van der Waals surface area contributed by atoms with Gasteiger partial charge in [0.1, 0.15) is 0 Å². The van der Waals surface area contributed by atoms with Crippen LogP contribution in [0.5, 0.6) is 0 Å². The Kier molecular flexibility index (Phi) is 3.85. The van der Waals surface area contributed by atoms with Crippen LogP contribution in [-0.2, 0) is 0 Å². The summed E-state index contributed by atoms with van der Waals surface area (Å²) in [7, 11) is -1.40. The normalized spacial score (nSPS) is 10.2. The fraction of sp³-hybridized carbons (Fsp3) is 0.250. The van der Waals surface area contributed by atoms with Crippen LogP contribution >= 0.6 is 27.7 Å². The van der Waals surface area contributed by atoms with Crippen LogP contribution in [-0.4, -0.2) is 23.4 Å². The van der Waals surface area contributed by atoms with Crippen LogP contribution in [0.4, 0.5) is 0 Å². The van der Waals surface area contributed by atoms with Gasteiger partial charge in [-0.05, 0) is 40.6 Å². The molecule has 1 aromatic carbocycles. The first-order chi connectivity index (χ1) is 6.06. The van der Waals surface area contributed by atoms with Crippen molar-refractivity contribution in [3.63, 3.8) is 0 Å². The molecule has 0 fully saturated rings. The predicted molar refractivity (Wildman–Crippen MR) is 60.5 cm³/mol. The molecular formula is C8H10BBrO2S. The van der Waals surface area contributed by atoms with Crippen LogP contribution in [0.25, 0.3) is 0 Å². The monoisotopic (exact) mass is 260 g/mol. The molecule has 1 rings (SSSR count). The minimum Gasteiger partial charge on any atom is -0.423 e. The highest BCUT2D eigenvalue weighted by Crippen LogP contribution is 2.24. The first-order valence-corrected chi connectivity index (χ1v) is 5.78. The number of rotatable bonds is 2. The average Bonchev–Trinajstić information content (AvgIpc) is 2.02. The largest absolute Gasteiger partial charge is 0.489 e. The number of hydrogen-bond donors (Lipinski definition) is 2. The van der Waals surface area contributed by atoms with Crippen molar-refractivity contribution < 1.29 is 10.0 Å². The van der Waals surface area contributed by atoms with E-state index in [1.54, 1.807) is 6.07 Å². The summed E-state index contributed by atoms with van der Waals surface area (Å²) < 4.78 is 0.906.